The minimum atomic E-state index is -3.45. The standard InChI is InChI=1S/C15H24FN3O3S/c1-18(2)11-9-17-15(20)8-10-19(23(3,21)22)12-13-4-6-14(16)7-5-13/h4-7H,8-12H2,1-3H3,(H,17,20). The molecule has 0 aliphatic heterocycles. The van der Waals surface area contributed by atoms with E-state index >= 15 is 0 Å². The van der Waals surface area contributed by atoms with Crippen LogP contribution in [0, 0.1) is 5.82 Å². The zero-order valence-corrected chi connectivity index (χ0v) is 14.6. The maximum absolute atomic E-state index is 12.9. The monoisotopic (exact) mass is 345 g/mol. The predicted molar refractivity (Wildman–Crippen MR) is 87.8 cm³/mol. The summed E-state index contributed by atoms with van der Waals surface area (Å²) in [5.74, 6) is -0.570. The average molecular weight is 345 g/mol. The molecule has 0 spiro atoms. The molecular formula is C15H24FN3O3S. The first-order valence-electron chi connectivity index (χ1n) is 7.29. The van der Waals surface area contributed by atoms with Gasteiger partial charge in [0, 0.05) is 32.6 Å². The van der Waals surface area contributed by atoms with Gasteiger partial charge in [-0.3, -0.25) is 4.79 Å². The lowest BCUT2D eigenvalue weighted by Crippen LogP contribution is -2.36. The van der Waals surface area contributed by atoms with Crippen molar-refractivity contribution in [2.24, 2.45) is 0 Å². The Morgan fingerprint density at radius 2 is 1.78 bits per heavy atom. The number of carbonyl (C=O) groups is 1. The van der Waals surface area contributed by atoms with Crippen LogP contribution in [0.5, 0.6) is 0 Å². The molecule has 0 unspecified atom stereocenters. The molecule has 0 aliphatic rings. The number of likely N-dealkylation sites (N-methyl/N-ethyl adjacent to an activating group) is 1. The van der Waals surface area contributed by atoms with Crippen molar-refractivity contribution in [2.75, 3.05) is 40.0 Å². The van der Waals surface area contributed by atoms with Gasteiger partial charge in [0.15, 0.2) is 0 Å². The van der Waals surface area contributed by atoms with Gasteiger partial charge in [0.1, 0.15) is 5.82 Å². The third-order valence-electron chi connectivity index (χ3n) is 3.21. The largest absolute Gasteiger partial charge is 0.355 e. The fourth-order valence-electron chi connectivity index (χ4n) is 1.89. The lowest BCUT2D eigenvalue weighted by atomic mass is 10.2. The van der Waals surface area contributed by atoms with Crippen LogP contribution in [0.1, 0.15) is 12.0 Å². The second-order valence-corrected chi connectivity index (χ2v) is 7.61. The molecule has 1 aromatic carbocycles. The Kier molecular flexibility index (Phi) is 7.60. The quantitative estimate of drug-likeness (QED) is 0.714. The Hall–Kier alpha value is -1.51. The summed E-state index contributed by atoms with van der Waals surface area (Å²) in [5, 5.41) is 2.74. The number of rotatable bonds is 9. The van der Waals surface area contributed by atoms with Crippen LogP contribution in [0.3, 0.4) is 0 Å². The van der Waals surface area contributed by atoms with Gasteiger partial charge in [-0.2, -0.15) is 4.31 Å². The molecule has 0 aliphatic carbocycles. The molecule has 1 N–H and O–H groups in total. The molecule has 23 heavy (non-hydrogen) atoms. The molecule has 6 nitrogen and oxygen atoms in total. The van der Waals surface area contributed by atoms with Crippen molar-refractivity contribution in [2.45, 2.75) is 13.0 Å². The highest BCUT2D eigenvalue weighted by Crippen LogP contribution is 2.10. The Morgan fingerprint density at radius 3 is 2.30 bits per heavy atom. The Balaban J connectivity index is 2.56. The fourth-order valence-corrected chi connectivity index (χ4v) is 2.70. The number of benzene rings is 1. The van der Waals surface area contributed by atoms with E-state index < -0.39 is 10.0 Å². The number of nitrogens with one attached hydrogen (secondary N) is 1. The van der Waals surface area contributed by atoms with Crippen molar-refractivity contribution in [3.63, 3.8) is 0 Å². The van der Waals surface area contributed by atoms with E-state index in [2.05, 4.69) is 5.32 Å². The third kappa shape index (κ3) is 8.06. The molecule has 0 saturated heterocycles. The molecule has 0 fully saturated rings. The smallest absolute Gasteiger partial charge is 0.221 e. The first-order valence-corrected chi connectivity index (χ1v) is 9.14. The van der Waals surface area contributed by atoms with Crippen LogP contribution in [0.25, 0.3) is 0 Å². The summed E-state index contributed by atoms with van der Waals surface area (Å²) in [7, 11) is 0.355. The van der Waals surface area contributed by atoms with E-state index in [-0.39, 0.29) is 31.2 Å². The summed E-state index contributed by atoms with van der Waals surface area (Å²) in [6.45, 7) is 1.44. The van der Waals surface area contributed by atoms with Crippen LogP contribution in [0.2, 0.25) is 0 Å². The van der Waals surface area contributed by atoms with Crippen molar-refractivity contribution in [1.82, 2.24) is 14.5 Å². The number of hydrogen-bond donors (Lipinski definition) is 1. The summed E-state index contributed by atoms with van der Waals surface area (Å²) in [6.07, 6.45) is 1.18. The second-order valence-electron chi connectivity index (χ2n) is 5.63. The van der Waals surface area contributed by atoms with Gasteiger partial charge >= 0.3 is 0 Å². The molecular weight excluding hydrogens is 321 g/mol. The average Bonchev–Trinajstić information content (AvgIpc) is 2.43. The zero-order chi connectivity index (χ0) is 17.5. The predicted octanol–water partition coefficient (Wildman–Crippen LogP) is 0.655. The molecule has 0 bridgehead atoms. The van der Waals surface area contributed by atoms with Gasteiger partial charge < -0.3 is 10.2 Å². The van der Waals surface area contributed by atoms with Crippen molar-refractivity contribution >= 4 is 15.9 Å². The molecule has 0 aromatic heterocycles. The first-order chi connectivity index (χ1) is 10.7. The summed E-state index contributed by atoms with van der Waals surface area (Å²) in [6, 6.07) is 5.63. The number of carbonyl (C=O) groups excluding carboxylic acids is 1. The van der Waals surface area contributed by atoms with Gasteiger partial charge in [0.05, 0.1) is 6.26 Å². The van der Waals surface area contributed by atoms with E-state index in [9.17, 15) is 17.6 Å². The second kappa shape index (κ2) is 8.95. The molecule has 1 rings (SSSR count). The third-order valence-corrected chi connectivity index (χ3v) is 4.46. The molecule has 8 heteroatoms. The van der Waals surface area contributed by atoms with Crippen LogP contribution < -0.4 is 5.32 Å². The lowest BCUT2D eigenvalue weighted by Gasteiger charge is -2.20. The normalized spacial score (nSPS) is 11.9. The van der Waals surface area contributed by atoms with Gasteiger partial charge in [-0.1, -0.05) is 12.1 Å². The molecule has 0 atom stereocenters. The van der Waals surface area contributed by atoms with Gasteiger partial charge in [0.2, 0.25) is 15.9 Å². The minimum absolute atomic E-state index is 0.0850. The van der Waals surface area contributed by atoms with E-state index in [1.165, 1.54) is 28.6 Å². The topological polar surface area (TPSA) is 69.7 Å². The summed E-state index contributed by atoms with van der Waals surface area (Å²) >= 11 is 0. The van der Waals surface area contributed by atoms with Crippen LogP contribution in [-0.4, -0.2) is 63.5 Å². The van der Waals surface area contributed by atoms with E-state index in [1.54, 1.807) is 0 Å². The van der Waals surface area contributed by atoms with E-state index in [4.69, 9.17) is 0 Å². The molecule has 1 aromatic rings. The van der Waals surface area contributed by atoms with Crippen LogP contribution in [0.4, 0.5) is 4.39 Å². The summed E-state index contributed by atoms with van der Waals surface area (Å²) in [5.41, 5.74) is 0.671. The molecule has 0 radical (unpaired) electrons. The Bertz CT molecular complexity index is 603. The Labute approximate surface area is 137 Å². The number of halogens is 1. The first kappa shape index (κ1) is 19.5. The van der Waals surface area contributed by atoms with E-state index in [0.29, 0.717) is 12.1 Å². The molecule has 0 saturated carbocycles. The van der Waals surface area contributed by atoms with E-state index in [0.717, 1.165) is 12.8 Å². The molecule has 130 valence electrons. The number of sulfonamides is 1. The summed E-state index contributed by atoms with van der Waals surface area (Å²) < 4.78 is 37.8. The van der Waals surface area contributed by atoms with E-state index in [1.807, 2.05) is 19.0 Å². The highest BCUT2D eigenvalue weighted by molar-refractivity contribution is 7.88. The number of hydrogen-bond acceptors (Lipinski definition) is 4. The van der Waals surface area contributed by atoms with Gasteiger partial charge in [-0.05, 0) is 31.8 Å². The van der Waals surface area contributed by atoms with Gasteiger partial charge in [-0.25, -0.2) is 12.8 Å². The van der Waals surface area contributed by atoms with Crippen LogP contribution in [-0.2, 0) is 21.4 Å². The number of nitrogens with zero attached hydrogens (tertiary/aromatic N) is 2. The zero-order valence-electron chi connectivity index (χ0n) is 13.8. The summed E-state index contributed by atoms with van der Waals surface area (Å²) in [4.78, 5) is 13.7. The van der Waals surface area contributed by atoms with Gasteiger partial charge in [0.25, 0.3) is 0 Å². The molecule has 1 amide bonds. The fraction of sp³-hybridized carbons (Fsp3) is 0.533. The van der Waals surface area contributed by atoms with Crippen molar-refractivity contribution in [1.29, 1.82) is 0 Å². The van der Waals surface area contributed by atoms with Crippen molar-refractivity contribution in [3.8, 4) is 0 Å². The highest BCUT2D eigenvalue weighted by Gasteiger charge is 2.18. The van der Waals surface area contributed by atoms with Crippen molar-refractivity contribution in [3.05, 3.63) is 35.6 Å². The Morgan fingerprint density at radius 1 is 1.17 bits per heavy atom. The SMILES string of the molecule is CN(C)CCNC(=O)CCN(Cc1ccc(F)cc1)S(C)(=O)=O. The minimum Gasteiger partial charge on any atom is -0.355 e. The maximum atomic E-state index is 12.9. The number of amides is 1. The van der Waals surface area contributed by atoms with Crippen LogP contribution >= 0.6 is 0 Å². The molecule has 0 heterocycles. The van der Waals surface area contributed by atoms with Gasteiger partial charge in [-0.15, -0.1) is 0 Å². The van der Waals surface area contributed by atoms with Crippen LogP contribution in [0.15, 0.2) is 24.3 Å². The highest BCUT2D eigenvalue weighted by atomic mass is 32.2. The van der Waals surface area contributed by atoms with Crippen molar-refractivity contribution < 1.29 is 17.6 Å². The lowest BCUT2D eigenvalue weighted by molar-refractivity contribution is -0.121. The maximum Gasteiger partial charge on any atom is 0.221 e.